The number of anilines is 2. The molecule has 1 amide bonds. The number of benzene rings is 2. The predicted molar refractivity (Wildman–Crippen MR) is 119 cm³/mol. The van der Waals surface area contributed by atoms with Crippen LogP contribution in [0.1, 0.15) is 24.2 Å². The molecule has 3 heterocycles. The number of nitrogens with one attached hydrogen (secondary N) is 1. The Morgan fingerprint density at radius 3 is 2.56 bits per heavy atom. The second-order valence-electron chi connectivity index (χ2n) is 7.98. The highest BCUT2D eigenvalue weighted by Crippen LogP contribution is 2.35. The molecule has 8 heteroatoms. The van der Waals surface area contributed by atoms with Crippen molar-refractivity contribution < 1.29 is 19.0 Å². The van der Waals surface area contributed by atoms with E-state index in [0.717, 1.165) is 11.3 Å². The molecule has 0 radical (unpaired) electrons. The number of carbonyl (C=O) groups is 1. The molecule has 8 nitrogen and oxygen atoms in total. The fraction of sp³-hybridized carbons (Fsp3) is 0.292. The van der Waals surface area contributed by atoms with E-state index < -0.39 is 0 Å². The zero-order valence-corrected chi connectivity index (χ0v) is 17.9. The van der Waals surface area contributed by atoms with Gasteiger partial charge in [-0.15, -0.1) is 0 Å². The van der Waals surface area contributed by atoms with Crippen LogP contribution in [0.25, 0.3) is 11.4 Å². The number of carbonyl (C=O) groups excluding carboxylic acids is 1. The summed E-state index contributed by atoms with van der Waals surface area (Å²) >= 11 is 0. The van der Waals surface area contributed by atoms with Gasteiger partial charge >= 0.3 is 0 Å². The van der Waals surface area contributed by atoms with E-state index in [1.807, 2.05) is 62.4 Å². The van der Waals surface area contributed by atoms with Crippen molar-refractivity contribution in [3.05, 3.63) is 60.3 Å². The molecule has 0 saturated carbocycles. The summed E-state index contributed by atoms with van der Waals surface area (Å²) in [7, 11) is 0. The molecule has 2 atom stereocenters. The van der Waals surface area contributed by atoms with E-state index in [1.165, 1.54) is 0 Å². The molecule has 1 saturated heterocycles. The van der Waals surface area contributed by atoms with Crippen LogP contribution in [0.5, 0.6) is 11.5 Å². The second kappa shape index (κ2) is 8.47. The highest BCUT2D eigenvalue weighted by Gasteiger charge is 2.29. The Hall–Kier alpha value is -3.65. The number of amides is 1. The molecule has 1 fully saturated rings. The number of aromatic nitrogens is 2. The van der Waals surface area contributed by atoms with E-state index in [9.17, 15) is 4.79 Å². The molecule has 2 unspecified atom stereocenters. The molecular formula is C24H24N4O4. The summed E-state index contributed by atoms with van der Waals surface area (Å²) in [5.41, 5.74) is 2.03. The molecule has 2 aliphatic rings. The second-order valence-corrected chi connectivity index (χ2v) is 7.98. The third kappa shape index (κ3) is 4.09. The third-order valence-electron chi connectivity index (χ3n) is 5.39. The number of hydrogen-bond acceptors (Lipinski definition) is 7. The van der Waals surface area contributed by atoms with Crippen molar-refractivity contribution >= 4 is 17.4 Å². The zero-order valence-electron chi connectivity index (χ0n) is 17.9. The highest BCUT2D eigenvalue weighted by molar-refractivity contribution is 5.99. The summed E-state index contributed by atoms with van der Waals surface area (Å²) in [6, 6.07) is 15.2. The van der Waals surface area contributed by atoms with E-state index in [1.54, 1.807) is 11.1 Å². The maximum Gasteiger partial charge on any atom is 0.259 e. The van der Waals surface area contributed by atoms with Gasteiger partial charge in [0.05, 0.1) is 12.2 Å². The molecule has 3 aromatic rings. The van der Waals surface area contributed by atoms with Crippen molar-refractivity contribution in [2.24, 2.45) is 0 Å². The van der Waals surface area contributed by atoms with Gasteiger partial charge in [-0.25, -0.2) is 9.97 Å². The molecule has 5 rings (SSSR count). The number of rotatable bonds is 4. The number of fused-ring (bicyclic) bond motifs is 1. The normalized spacial score (nSPS) is 19.6. The number of nitrogens with zero attached hydrogens (tertiary/aromatic N) is 3. The maximum absolute atomic E-state index is 13.4. The van der Waals surface area contributed by atoms with Crippen molar-refractivity contribution in [2.75, 3.05) is 25.2 Å². The van der Waals surface area contributed by atoms with E-state index in [2.05, 4.69) is 10.3 Å². The van der Waals surface area contributed by atoms with Crippen LogP contribution in [0.3, 0.4) is 0 Å². The van der Waals surface area contributed by atoms with Gasteiger partial charge in [0.1, 0.15) is 11.4 Å². The minimum absolute atomic E-state index is 0.0259. The molecule has 0 aliphatic carbocycles. The van der Waals surface area contributed by atoms with Crippen molar-refractivity contribution in [3.63, 3.8) is 0 Å². The molecule has 2 aromatic carbocycles. The minimum atomic E-state index is -0.123. The lowest BCUT2D eigenvalue weighted by Gasteiger charge is -2.35. The first-order valence-corrected chi connectivity index (χ1v) is 10.6. The summed E-state index contributed by atoms with van der Waals surface area (Å²) in [6.07, 6.45) is 1.54. The Balaban J connectivity index is 1.51. The lowest BCUT2D eigenvalue weighted by atomic mass is 10.1. The van der Waals surface area contributed by atoms with Crippen LogP contribution in [0.15, 0.2) is 54.7 Å². The van der Waals surface area contributed by atoms with Crippen molar-refractivity contribution in [1.82, 2.24) is 14.9 Å². The van der Waals surface area contributed by atoms with E-state index in [4.69, 9.17) is 19.2 Å². The van der Waals surface area contributed by atoms with Gasteiger partial charge in [-0.3, -0.25) is 4.79 Å². The summed E-state index contributed by atoms with van der Waals surface area (Å²) < 4.78 is 16.7. The van der Waals surface area contributed by atoms with Crippen LogP contribution in [0.4, 0.5) is 11.5 Å². The predicted octanol–water partition coefficient (Wildman–Crippen LogP) is 3.87. The van der Waals surface area contributed by atoms with Gasteiger partial charge in [-0.2, -0.15) is 0 Å². The van der Waals surface area contributed by atoms with E-state index >= 15 is 0 Å². The van der Waals surface area contributed by atoms with Gasteiger partial charge < -0.3 is 24.4 Å². The summed E-state index contributed by atoms with van der Waals surface area (Å²) in [5, 5.41) is 3.29. The summed E-state index contributed by atoms with van der Waals surface area (Å²) in [6.45, 7) is 5.19. The minimum Gasteiger partial charge on any atom is -0.454 e. The Bertz CT molecular complexity index is 1130. The van der Waals surface area contributed by atoms with Crippen LogP contribution in [-0.4, -0.2) is 52.9 Å². The average molecular weight is 432 g/mol. The summed E-state index contributed by atoms with van der Waals surface area (Å²) in [4.78, 5) is 24.4. The standard InChI is InChI=1S/C24H24N4O4/c1-15-12-28(13-16(2)32-15)24(29)19-11-25-22(17-8-9-20-21(10-17)31-14-30-20)27-23(19)26-18-6-4-3-5-7-18/h3-11,15-16H,12-14H2,1-2H3,(H,25,26,27). The van der Waals surface area contributed by atoms with Gasteiger partial charge in [0, 0.05) is 30.5 Å². The van der Waals surface area contributed by atoms with Crippen molar-refractivity contribution in [1.29, 1.82) is 0 Å². The largest absolute Gasteiger partial charge is 0.454 e. The number of ether oxygens (including phenoxy) is 3. The van der Waals surface area contributed by atoms with Crippen molar-refractivity contribution in [2.45, 2.75) is 26.1 Å². The fourth-order valence-corrected chi connectivity index (χ4v) is 3.98. The quantitative estimate of drug-likeness (QED) is 0.670. The fourth-order valence-electron chi connectivity index (χ4n) is 3.98. The van der Waals surface area contributed by atoms with Crippen molar-refractivity contribution in [3.8, 4) is 22.9 Å². The van der Waals surface area contributed by atoms with Crippen LogP contribution >= 0.6 is 0 Å². The Morgan fingerprint density at radius 1 is 1.03 bits per heavy atom. The van der Waals surface area contributed by atoms with Gasteiger partial charge in [0.2, 0.25) is 6.79 Å². The van der Waals surface area contributed by atoms with Gasteiger partial charge in [0.15, 0.2) is 17.3 Å². The number of hydrogen-bond donors (Lipinski definition) is 1. The Morgan fingerprint density at radius 2 is 1.78 bits per heavy atom. The van der Waals surface area contributed by atoms with Crippen LogP contribution < -0.4 is 14.8 Å². The number of para-hydroxylation sites is 1. The maximum atomic E-state index is 13.4. The zero-order chi connectivity index (χ0) is 22.1. The SMILES string of the molecule is CC1CN(C(=O)c2cnc(-c3ccc4c(c3)OCO4)nc2Nc2ccccc2)CC(C)O1. The van der Waals surface area contributed by atoms with E-state index in [-0.39, 0.29) is 24.9 Å². The van der Waals surface area contributed by atoms with Crippen LogP contribution in [-0.2, 0) is 4.74 Å². The monoisotopic (exact) mass is 432 g/mol. The first-order chi connectivity index (χ1) is 15.6. The number of morpholine rings is 1. The molecule has 0 bridgehead atoms. The molecule has 2 aliphatic heterocycles. The Labute approximate surface area is 186 Å². The molecule has 164 valence electrons. The topological polar surface area (TPSA) is 85.8 Å². The molecule has 32 heavy (non-hydrogen) atoms. The average Bonchev–Trinajstić information content (AvgIpc) is 3.27. The lowest BCUT2D eigenvalue weighted by molar-refractivity contribution is -0.0586. The van der Waals surface area contributed by atoms with Gasteiger partial charge in [-0.1, -0.05) is 18.2 Å². The third-order valence-corrected chi connectivity index (χ3v) is 5.39. The Kier molecular flexibility index (Phi) is 5.36. The molecular weight excluding hydrogens is 408 g/mol. The van der Waals surface area contributed by atoms with Gasteiger partial charge in [-0.05, 0) is 44.2 Å². The first kappa shape index (κ1) is 20.3. The summed E-state index contributed by atoms with van der Waals surface area (Å²) in [5.74, 6) is 2.17. The smallest absolute Gasteiger partial charge is 0.259 e. The van der Waals surface area contributed by atoms with Crippen LogP contribution in [0, 0.1) is 0 Å². The van der Waals surface area contributed by atoms with E-state index in [0.29, 0.717) is 41.8 Å². The molecule has 1 N–H and O–H groups in total. The first-order valence-electron chi connectivity index (χ1n) is 10.6. The highest BCUT2D eigenvalue weighted by atomic mass is 16.7. The molecule has 0 spiro atoms. The molecule has 1 aromatic heterocycles. The van der Waals surface area contributed by atoms with Crippen LogP contribution in [0.2, 0.25) is 0 Å². The lowest BCUT2D eigenvalue weighted by Crippen LogP contribution is -2.48. The van der Waals surface area contributed by atoms with Gasteiger partial charge in [0.25, 0.3) is 5.91 Å².